The molecule has 1 saturated heterocycles. The lowest BCUT2D eigenvalue weighted by Gasteiger charge is -2.34. The minimum atomic E-state index is 0.146. The highest BCUT2D eigenvalue weighted by Gasteiger charge is 2.26. The van der Waals surface area contributed by atoms with Gasteiger partial charge in [-0.2, -0.15) is 0 Å². The van der Waals surface area contributed by atoms with E-state index in [2.05, 4.69) is 6.92 Å². The number of carbonyl (C=O) groups is 1. The Morgan fingerprint density at radius 3 is 2.30 bits per heavy atom. The van der Waals surface area contributed by atoms with E-state index in [1.807, 2.05) is 71.6 Å². The zero-order chi connectivity index (χ0) is 16.1. The molecule has 1 atom stereocenters. The van der Waals surface area contributed by atoms with Crippen molar-refractivity contribution in [3.05, 3.63) is 71.8 Å². The summed E-state index contributed by atoms with van der Waals surface area (Å²) in [6.45, 7) is 3.02. The van der Waals surface area contributed by atoms with Crippen LogP contribution in [0.15, 0.2) is 60.7 Å². The molecule has 2 nitrogen and oxygen atoms in total. The molecule has 1 aliphatic heterocycles. The van der Waals surface area contributed by atoms with E-state index in [1.54, 1.807) is 0 Å². The first-order valence-electron chi connectivity index (χ1n) is 8.39. The number of hydrogen-bond donors (Lipinski definition) is 0. The normalized spacial score (nSPS) is 18.7. The number of benzene rings is 2. The lowest BCUT2D eigenvalue weighted by atomic mass is 9.98. The zero-order valence-corrected chi connectivity index (χ0v) is 13.6. The van der Waals surface area contributed by atoms with Crippen LogP contribution in [0, 0.1) is 0 Å². The van der Waals surface area contributed by atoms with Crippen molar-refractivity contribution in [2.45, 2.75) is 32.2 Å². The van der Waals surface area contributed by atoms with Gasteiger partial charge in [-0.1, -0.05) is 60.7 Å². The van der Waals surface area contributed by atoms with Gasteiger partial charge in [0, 0.05) is 18.2 Å². The number of hydrogen-bond acceptors (Lipinski definition) is 1. The SMILES string of the molecule is C[C@H]1CCCCN1C(=O)/C(=C/c1ccccc1)c1ccccc1. The van der Waals surface area contributed by atoms with Crippen LogP contribution >= 0.6 is 0 Å². The van der Waals surface area contributed by atoms with Crippen molar-refractivity contribution in [2.75, 3.05) is 6.54 Å². The highest BCUT2D eigenvalue weighted by atomic mass is 16.2. The molecular formula is C21H23NO. The maximum Gasteiger partial charge on any atom is 0.254 e. The maximum absolute atomic E-state index is 13.2. The van der Waals surface area contributed by atoms with E-state index in [0.717, 1.165) is 36.1 Å². The summed E-state index contributed by atoms with van der Waals surface area (Å²) in [6, 6.07) is 20.4. The van der Waals surface area contributed by atoms with E-state index in [9.17, 15) is 4.79 Å². The fourth-order valence-electron chi connectivity index (χ4n) is 3.16. The molecular weight excluding hydrogens is 282 g/mol. The molecule has 0 aliphatic carbocycles. The molecule has 118 valence electrons. The second kappa shape index (κ2) is 7.28. The number of amides is 1. The number of carbonyl (C=O) groups excluding carboxylic acids is 1. The van der Waals surface area contributed by atoms with Crippen LogP contribution in [0.25, 0.3) is 11.6 Å². The fraction of sp³-hybridized carbons (Fsp3) is 0.286. The Kier molecular flexibility index (Phi) is 4.92. The summed E-state index contributed by atoms with van der Waals surface area (Å²) in [5.74, 6) is 0.146. The Morgan fingerprint density at radius 2 is 1.65 bits per heavy atom. The smallest absolute Gasteiger partial charge is 0.254 e. The summed E-state index contributed by atoms with van der Waals surface area (Å²) in [7, 11) is 0. The molecule has 3 rings (SSSR count). The van der Waals surface area contributed by atoms with Gasteiger partial charge in [0.15, 0.2) is 0 Å². The predicted octanol–water partition coefficient (Wildman–Crippen LogP) is 4.63. The molecule has 0 N–H and O–H groups in total. The van der Waals surface area contributed by atoms with E-state index in [0.29, 0.717) is 6.04 Å². The molecule has 0 saturated carbocycles. The van der Waals surface area contributed by atoms with E-state index in [4.69, 9.17) is 0 Å². The van der Waals surface area contributed by atoms with Crippen LogP contribution < -0.4 is 0 Å². The van der Waals surface area contributed by atoms with Crippen LogP contribution in [0.2, 0.25) is 0 Å². The predicted molar refractivity (Wildman–Crippen MR) is 95.8 cm³/mol. The van der Waals surface area contributed by atoms with Gasteiger partial charge in [-0.3, -0.25) is 4.79 Å². The Balaban J connectivity index is 1.98. The quantitative estimate of drug-likeness (QED) is 0.598. The molecule has 0 unspecified atom stereocenters. The molecule has 23 heavy (non-hydrogen) atoms. The van der Waals surface area contributed by atoms with Crippen molar-refractivity contribution in [1.82, 2.24) is 4.90 Å². The second-order valence-corrected chi connectivity index (χ2v) is 6.18. The van der Waals surface area contributed by atoms with Crippen molar-refractivity contribution in [2.24, 2.45) is 0 Å². The summed E-state index contributed by atoms with van der Waals surface area (Å²) >= 11 is 0. The van der Waals surface area contributed by atoms with E-state index in [1.165, 1.54) is 6.42 Å². The third-order valence-corrected chi connectivity index (χ3v) is 4.49. The molecule has 1 fully saturated rings. The van der Waals surface area contributed by atoms with Crippen molar-refractivity contribution < 1.29 is 4.79 Å². The van der Waals surface area contributed by atoms with E-state index >= 15 is 0 Å². The number of piperidine rings is 1. The zero-order valence-electron chi connectivity index (χ0n) is 13.6. The van der Waals surface area contributed by atoms with Gasteiger partial charge in [0.25, 0.3) is 5.91 Å². The monoisotopic (exact) mass is 305 g/mol. The van der Waals surface area contributed by atoms with Crippen molar-refractivity contribution in [3.8, 4) is 0 Å². The molecule has 2 aromatic rings. The molecule has 1 heterocycles. The highest BCUT2D eigenvalue weighted by molar-refractivity contribution is 6.24. The van der Waals surface area contributed by atoms with Crippen molar-refractivity contribution in [3.63, 3.8) is 0 Å². The lowest BCUT2D eigenvalue weighted by molar-refractivity contribution is -0.128. The van der Waals surface area contributed by atoms with Crippen molar-refractivity contribution >= 4 is 17.6 Å². The summed E-state index contributed by atoms with van der Waals surface area (Å²) in [5, 5.41) is 0. The molecule has 1 amide bonds. The molecule has 0 aromatic heterocycles. The molecule has 0 bridgehead atoms. The molecule has 2 heteroatoms. The van der Waals surface area contributed by atoms with E-state index in [-0.39, 0.29) is 5.91 Å². The van der Waals surface area contributed by atoms with Gasteiger partial charge in [-0.05, 0) is 43.4 Å². The van der Waals surface area contributed by atoms with Crippen LogP contribution in [-0.4, -0.2) is 23.4 Å². The highest BCUT2D eigenvalue weighted by Crippen LogP contribution is 2.25. The Bertz CT molecular complexity index is 676. The molecule has 2 aromatic carbocycles. The van der Waals surface area contributed by atoms with Crippen LogP contribution in [0.5, 0.6) is 0 Å². The molecule has 0 radical (unpaired) electrons. The first kappa shape index (κ1) is 15.5. The van der Waals surface area contributed by atoms with Crippen LogP contribution in [0.3, 0.4) is 0 Å². The van der Waals surface area contributed by atoms with Gasteiger partial charge in [-0.15, -0.1) is 0 Å². The number of nitrogens with zero attached hydrogens (tertiary/aromatic N) is 1. The first-order chi connectivity index (χ1) is 11.3. The van der Waals surface area contributed by atoms with Crippen LogP contribution in [0.1, 0.15) is 37.3 Å². The fourth-order valence-corrected chi connectivity index (χ4v) is 3.16. The number of rotatable bonds is 3. The van der Waals surface area contributed by atoms with Gasteiger partial charge in [0.05, 0.1) is 0 Å². The van der Waals surface area contributed by atoms with Gasteiger partial charge in [0.1, 0.15) is 0 Å². The third kappa shape index (κ3) is 3.70. The summed E-state index contributed by atoms with van der Waals surface area (Å²) in [5.41, 5.74) is 2.83. The molecule has 0 spiro atoms. The number of likely N-dealkylation sites (tertiary alicyclic amines) is 1. The average Bonchev–Trinajstić information content (AvgIpc) is 2.61. The first-order valence-corrected chi connectivity index (χ1v) is 8.39. The lowest BCUT2D eigenvalue weighted by Crippen LogP contribution is -2.42. The summed E-state index contributed by atoms with van der Waals surface area (Å²) in [6.07, 6.45) is 5.43. The Morgan fingerprint density at radius 1 is 1.00 bits per heavy atom. The van der Waals surface area contributed by atoms with Crippen LogP contribution in [0.4, 0.5) is 0 Å². The summed E-state index contributed by atoms with van der Waals surface area (Å²) < 4.78 is 0. The third-order valence-electron chi connectivity index (χ3n) is 4.49. The Hall–Kier alpha value is -2.35. The summed E-state index contributed by atoms with van der Waals surface area (Å²) in [4.78, 5) is 15.2. The maximum atomic E-state index is 13.2. The van der Waals surface area contributed by atoms with Gasteiger partial charge in [-0.25, -0.2) is 0 Å². The van der Waals surface area contributed by atoms with Gasteiger partial charge >= 0.3 is 0 Å². The Labute approximate surface area is 138 Å². The minimum absolute atomic E-state index is 0.146. The standard InChI is InChI=1S/C21H23NO/c1-17-10-8-9-15-22(17)21(23)20(19-13-6-3-7-14-19)16-18-11-4-2-5-12-18/h2-7,11-14,16-17H,8-10,15H2,1H3/b20-16+/t17-/m0/s1. The van der Waals surface area contributed by atoms with Crippen LogP contribution in [-0.2, 0) is 4.79 Å². The topological polar surface area (TPSA) is 20.3 Å². The van der Waals surface area contributed by atoms with Gasteiger partial charge in [0.2, 0.25) is 0 Å². The minimum Gasteiger partial charge on any atom is -0.336 e. The largest absolute Gasteiger partial charge is 0.336 e. The van der Waals surface area contributed by atoms with Gasteiger partial charge < -0.3 is 4.90 Å². The molecule has 1 aliphatic rings. The second-order valence-electron chi connectivity index (χ2n) is 6.18. The average molecular weight is 305 g/mol. The van der Waals surface area contributed by atoms with Crippen molar-refractivity contribution in [1.29, 1.82) is 0 Å². The van der Waals surface area contributed by atoms with E-state index < -0.39 is 0 Å².